The summed E-state index contributed by atoms with van der Waals surface area (Å²) < 4.78 is 4.92. The van der Waals surface area contributed by atoms with E-state index in [0.717, 1.165) is 45.5 Å². The normalized spacial score (nSPS) is 11.4. The molecule has 0 N–H and O–H groups in total. The van der Waals surface area contributed by atoms with Crippen LogP contribution in [0.15, 0.2) is 231 Å². The monoisotopic (exact) mass is 742 g/mol. The van der Waals surface area contributed by atoms with Gasteiger partial charge in [-0.1, -0.05) is 121 Å². The molecule has 11 aromatic rings. The minimum Gasteiger partial charge on any atom is -0.311 e. The summed E-state index contributed by atoms with van der Waals surface area (Å²) in [7, 11) is 0. The van der Waals surface area contributed by atoms with Gasteiger partial charge in [-0.15, -0.1) is 0 Å². The molecule has 0 unspecified atom stereocenters. The first kappa shape index (κ1) is 33.5. The van der Waals surface area contributed by atoms with Gasteiger partial charge in [-0.25, -0.2) is 0 Å². The van der Waals surface area contributed by atoms with Gasteiger partial charge in [0.05, 0.1) is 22.1 Å². The number of fused-ring (bicyclic) bond motifs is 7. The Hall–Kier alpha value is -7.82. The summed E-state index contributed by atoms with van der Waals surface area (Å²) in [5.41, 5.74) is 13.6. The van der Waals surface area contributed by atoms with Crippen molar-refractivity contribution in [1.29, 1.82) is 0 Å². The van der Waals surface area contributed by atoms with Crippen LogP contribution in [0.25, 0.3) is 55.0 Å². The van der Waals surface area contributed by atoms with E-state index in [4.69, 9.17) is 0 Å². The molecule has 2 heterocycles. The highest BCUT2D eigenvalue weighted by molar-refractivity contribution is 6.23. The minimum absolute atomic E-state index is 1.10. The van der Waals surface area contributed by atoms with Crippen molar-refractivity contribution < 1.29 is 0 Å². The fourth-order valence-electron chi connectivity index (χ4n) is 8.74. The zero-order valence-electron chi connectivity index (χ0n) is 31.7. The van der Waals surface area contributed by atoms with Crippen molar-refractivity contribution in [3.8, 4) is 11.4 Å². The van der Waals surface area contributed by atoms with Crippen molar-refractivity contribution in [2.24, 2.45) is 0 Å². The van der Waals surface area contributed by atoms with Crippen molar-refractivity contribution in [3.05, 3.63) is 231 Å². The highest BCUT2D eigenvalue weighted by atomic mass is 15.1. The van der Waals surface area contributed by atoms with E-state index in [9.17, 15) is 0 Å². The van der Waals surface area contributed by atoms with E-state index in [1.54, 1.807) is 0 Å². The van der Waals surface area contributed by atoms with E-state index in [1.165, 1.54) is 43.6 Å². The Morgan fingerprint density at radius 1 is 0.224 bits per heavy atom. The van der Waals surface area contributed by atoms with E-state index >= 15 is 0 Å². The summed E-state index contributed by atoms with van der Waals surface area (Å²) in [6.07, 6.45) is 0. The second-order valence-electron chi connectivity index (χ2n) is 14.6. The summed E-state index contributed by atoms with van der Waals surface area (Å²) in [6, 6.07) is 82.6. The lowest BCUT2D eigenvalue weighted by atomic mass is 10.1. The maximum absolute atomic E-state index is 2.46. The van der Waals surface area contributed by atoms with E-state index < -0.39 is 0 Å². The van der Waals surface area contributed by atoms with E-state index in [-0.39, 0.29) is 0 Å². The maximum Gasteiger partial charge on any atom is 0.0788 e. The van der Waals surface area contributed by atoms with Gasteiger partial charge in [-0.05, 0) is 109 Å². The van der Waals surface area contributed by atoms with Crippen molar-refractivity contribution in [2.45, 2.75) is 0 Å². The third-order valence-electron chi connectivity index (χ3n) is 11.3. The number of anilines is 6. The second-order valence-corrected chi connectivity index (χ2v) is 14.6. The van der Waals surface area contributed by atoms with Crippen LogP contribution < -0.4 is 9.80 Å². The maximum atomic E-state index is 2.46. The van der Waals surface area contributed by atoms with Crippen LogP contribution in [0.2, 0.25) is 0 Å². The van der Waals surface area contributed by atoms with Gasteiger partial charge >= 0.3 is 0 Å². The first-order valence-corrected chi connectivity index (χ1v) is 19.8. The topological polar surface area (TPSA) is 16.3 Å². The van der Waals surface area contributed by atoms with E-state index in [0.29, 0.717) is 0 Å². The molecule has 0 fully saturated rings. The largest absolute Gasteiger partial charge is 0.311 e. The van der Waals surface area contributed by atoms with Gasteiger partial charge in [-0.2, -0.15) is 0 Å². The standard InChI is InChI=1S/C54H38N4/c1-5-17-39(18-6-1)55(40-19-7-2-8-20-40)43-29-33-45(34-30-43)57-51-27-15-13-25-47(51)49-37-38-50-48-26-14-16-28-52(48)58(54(50)53(49)57)46-35-31-44(32-36-46)56(41-21-9-3-10-22-41)42-23-11-4-12-24-42/h1-38H. The lowest BCUT2D eigenvalue weighted by Gasteiger charge is -2.26. The zero-order valence-corrected chi connectivity index (χ0v) is 31.7. The molecule has 4 nitrogen and oxygen atoms in total. The second kappa shape index (κ2) is 14.0. The van der Waals surface area contributed by atoms with Crippen molar-refractivity contribution in [2.75, 3.05) is 9.80 Å². The average molecular weight is 743 g/mol. The number of rotatable bonds is 8. The van der Waals surface area contributed by atoms with Gasteiger partial charge in [0.15, 0.2) is 0 Å². The molecule has 2 aromatic heterocycles. The highest BCUT2D eigenvalue weighted by Gasteiger charge is 2.22. The van der Waals surface area contributed by atoms with Crippen LogP contribution >= 0.6 is 0 Å². The SMILES string of the molecule is c1ccc(N(c2ccccc2)c2ccc(-n3c4ccccc4c4ccc5c6ccccc6n(-c6ccc(N(c7ccccc7)c7ccccc7)cc6)c5c43)cc2)cc1. The molecule has 11 rings (SSSR count). The Balaban J connectivity index is 1.12. The molecule has 0 aliphatic heterocycles. The van der Waals surface area contributed by atoms with Gasteiger partial charge in [0, 0.05) is 67.0 Å². The predicted octanol–water partition coefficient (Wildman–Crippen LogP) is 14.8. The van der Waals surface area contributed by atoms with Crippen LogP contribution in [0.1, 0.15) is 0 Å². The number of nitrogens with zero attached hydrogens (tertiary/aromatic N) is 4. The molecule has 0 saturated heterocycles. The molecule has 0 radical (unpaired) electrons. The minimum atomic E-state index is 1.10. The van der Waals surface area contributed by atoms with Crippen LogP contribution in [-0.2, 0) is 0 Å². The quantitative estimate of drug-likeness (QED) is 0.154. The van der Waals surface area contributed by atoms with Crippen LogP contribution in [0.4, 0.5) is 34.1 Å². The Morgan fingerprint density at radius 2 is 0.500 bits per heavy atom. The smallest absolute Gasteiger partial charge is 0.0788 e. The van der Waals surface area contributed by atoms with Gasteiger partial charge in [0.2, 0.25) is 0 Å². The molecule has 0 amide bonds. The number of aromatic nitrogens is 2. The van der Waals surface area contributed by atoms with E-state index in [2.05, 4.69) is 249 Å². The van der Waals surface area contributed by atoms with Crippen molar-refractivity contribution in [1.82, 2.24) is 9.13 Å². The summed E-state index contributed by atoms with van der Waals surface area (Å²) in [6.45, 7) is 0. The summed E-state index contributed by atoms with van der Waals surface area (Å²) in [5.74, 6) is 0. The molecule has 0 aliphatic rings. The molecular formula is C54H38N4. The van der Waals surface area contributed by atoms with E-state index in [1.807, 2.05) is 0 Å². The third-order valence-corrected chi connectivity index (χ3v) is 11.3. The molecule has 0 spiro atoms. The van der Waals surface area contributed by atoms with Gasteiger partial charge in [-0.3, -0.25) is 0 Å². The predicted molar refractivity (Wildman–Crippen MR) is 244 cm³/mol. The van der Waals surface area contributed by atoms with Crippen LogP contribution in [0.5, 0.6) is 0 Å². The first-order valence-electron chi connectivity index (χ1n) is 19.8. The Kier molecular flexibility index (Phi) is 8.11. The molecule has 0 bridgehead atoms. The summed E-state index contributed by atoms with van der Waals surface area (Å²) in [5, 5.41) is 4.91. The lowest BCUT2D eigenvalue weighted by Crippen LogP contribution is -2.10. The van der Waals surface area contributed by atoms with Gasteiger partial charge < -0.3 is 18.9 Å². The zero-order chi connectivity index (χ0) is 38.4. The molecule has 9 aromatic carbocycles. The lowest BCUT2D eigenvalue weighted by molar-refractivity contribution is 1.14. The Labute approximate surface area is 337 Å². The van der Waals surface area contributed by atoms with Crippen LogP contribution in [0, 0.1) is 0 Å². The van der Waals surface area contributed by atoms with Gasteiger partial charge in [0.1, 0.15) is 0 Å². The average Bonchev–Trinajstić information content (AvgIpc) is 3.82. The number of para-hydroxylation sites is 6. The number of hydrogen-bond acceptors (Lipinski definition) is 2. The highest BCUT2D eigenvalue weighted by Crippen LogP contribution is 2.43. The number of benzene rings is 9. The molecule has 58 heavy (non-hydrogen) atoms. The summed E-state index contributed by atoms with van der Waals surface area (Å²) in [4.78, 5) is 4.62. The Morgan fingerprint density at radius 3 is 0.828 bits per heavy atom. The van der Waals surface area contributed by atoms with Crippen molar-refractivity contribution >= 4 is 77.7 Å². The molecular weight excluding hydrogens is 705 g/mol. The van der Waals surface area contributed by atoms with Crippen LogP contribution in [-0.4, -0.2) is 9.13 Å². The van der Waals surface area contributed by atoms with Gasteiger partial charge in [0.25, 0.3) is 0 Å². The summed E-state index contributed by atoms with van der Waals surface area (Å²) >= 11 is 0. The molecule has 4 heteroatoms. The molecule has 274 valence electrons. The Bertz CT molecular complexity index is 2890. The molecule has 0 aliphatic carbocycles. The number of hydrogen-bond donors (Lipinski definition) is 0. The first-order chi connectivity index (χ1) is 28.8. The third kappa shape index (κ3) is 5.54. The fraction of sp³-hybridized carbons (Fsp3) is 0. The fourth-order valence-corrected chi connectivity index (χ4v) is 8.74. The van der Waals surface area contributed by atoms with Crippen LogP contribution in [0.3, 0.4) is 0 Å². The van der Waals surface area contributed by atoms with Crippen molar-refractivity contribution in [3.63, 3.8) is 0 Å². The molecule has 0 atom stereocenters. The molecule has 0 saturated carbocycles.